The Labute approximate surface area is 273 Å². The molecule has 0 aliphatic heterocycles. The molecule has 0 aromatic heterocycles. The first kappa shape index (κ1) is 37.8. The predicted molar refractivity (Wildman–Crippen MR) is 152 cm³/mol. The van der Waals surface area contributed by atoms with E-state index in [0.29, 0.717) is 13.2 Å². The number of hydrogen-bond acceptors (Lipinski definition) is 8. The van der Waals surface area contributed by atoms with Crippen molar-refractivity contribution in [2.24, 2.45) is 46.3 Å². The average Bonchev–Trinajstić information content (AvgIpc) is 2.89. The van der Waals surface area contributed by atoms with E-state index < -0.39 is 11.9 Å². The molecule has 0 N–H and O–H groups in total. The van der Waals surface area contributed by atoms with Gasteiger partial charge in [-0.2, -0.15) is 0 Å². The fraction of sp³-hybridized carbons (Fsp3) is 0.824. The molecule has 8 saturated carbocycles. The molecule has 8 bridgehead atoms. The third-order valence-electron chi connectivity index (χ3n) is 10.2. The van der Waals surface area contributed by atoms with Crippen LogP contribution in [0.25, 0.3) is 0 Å². The van der Waals surface area contributed by atoms with Gasteiger partial charge in [-0.1, -0.05) is 13.8 Å². The summed E-state index contributed by atoms with van der Waals surface area (Å²) >= 11 is 0. The maximum atomic E-state index is 12.4. The average molecular weight is 637 g/mol. The molecule has 244 valence electrons. The minimum absolute atomic E-state index is 0. The number of carbonyl (C=O) groups is 2. The fourth-order valence-electron chi connectivity index (χ4n) is 9.71. The molecule has 8 fully saturated rings. The van der Waals surface area contributed by atoms with Crippen molar-refractivity contribution in [3.63, 3.8) is 0 Å². The summed E-state index contributed by atoms with van der Waals surface area (Å²) in [6.07, 6.45) is 16.4. The van der Waals surface area contributed by atoms with Crippen molar-refractivity contribution in [2.75, 3.05) is 26.4 Å². The van der Waals surface area contributed by atoms with Crippen LogP contribution in [0.4, 0.5) is 0 Å². The molecule has 8 aliphatic carbocycles. The van der Waals surface area contributed by atoms with Crippen molar-refractivity contribution >= 4 is 11.9 Å². The van der Waals surface area contributed by atoms with E-state index in [1.165, 1.54) is 50.7 Å². The molecule has 0 radical (unpaired) electrons. The van der Waals surface area contributed by atoms with Gasteiger partial charge in [-0.3, -0.25) is 0 Å². The minimum atomic E-state index is -0.460. The van der Waals surface area contributed by atoms with Crippen molar-refractivity contribution in [3.05, 3.63) is 23.7 Å². The van der Waals surface area contributed by atoms with Crippen molar-refractivity contribution in [1.82, 2.24) is 0 Å². The van der Waals surface area contributed by atoms with Gasteiger partial charge >= 0.3 is 11.9 Å². The summed E-state index contributed by atoms with van der Waals surface area (Å²) in [6, 6.07) is 0. The summed E-state index contributed by atoms with van der Waals surface area (Å²) in [4.78, 5) is 22.9. The largest absolute Gasteiger partial charge is 0.875 e. The molecule has 0 aromatic carbocycles. The van der Waals surface area contributed by atoms with Gasteiger partial charge in [0, 0.05) is 33.9 Å². The first-order chi connectivity index (χ1) is 20.0. The monoisotopic (exact) mass is 636 g/mol. The normalized spacial score (nSPS) is 36.0. The molecule has 0 aromatic rings. The molecule has 0 saturated heterocycles. The zero-order chi connectivity index (χ0) is 30.9. The van der Waals surface area contributed by atoms with E-state index >= 15 is 0 Å². The van der Waals surface area contributed by atoms with Crippen LogP contribution in [0.15, 0.2) is 23.7 Å². The maximum absolute atomic E-state index is 12.4. The molecular weight excluding hydrogens is 584 g/mol. The number of ether oxygens (including phenoxy) is 2. The fourth-order valence-corrected chi connectivity index (χ4v) is 9.71. The Hall–Kier alpha value is -1.35. The molecule has 8 nitrogen and oxygen atoms in total. The smallest absolute Gasteiger partial charge is 0.329 e. The predicted octanol–water partition coefficient (Wildman–Crippen LogP) is 2.75. The Morgan fingerprint density at radius 3 is 0.977 bits per heavy atom. The van der Waals surface area contributed by atoms with Crippen LogP contribution in [0.2, 0.25) is 0 Å². The van der Waals surface area contributed by atoms with Gasteiger partial charge in [-0.05, 0) is 137 Å². The van der Waals surface area contributed by atoms with Crippen LogP contribution in [0.5, 0.6) is 0 Å². The molecule has 0 spiro atoms. The zero-order valence-corrected chi connectivity index (χ0v) is 28.3. The van der Waals surface area contributed by atoms with E-state index in [0.717, 1.165) is 74.0 Å². The Balaban J connectivity index is 0.000000249. The molecule has 0 amide bonds. The van der Waals surface area contributed by atoms with E-state index in [9.17, 15) is 19.8 Å². The summed E-state index contributed by atoms with van der Waals surface area (Å²) in [5.74, 6) is 3.56. The second-order valence-corrected chi connectivity index (χ2v) is 13.5. The van der Waals surface area contributed by atoms with E-state index in [-0.39, 0.29) is 57.3 Å². The standard InChI is InChI=1S/2C15H22O3.2C2H5O.Ti/c2*1-2-18-14(17)6-13(16)15-7-10-3-11(8-15)5-12(4-10)9-15;2*1-2-3;/h2*6,10-12,16H,2-5,7-9H2,1H3;2*2H2,1H3;/q;;2*-1;/p-2/b2*13-6-;;;. The van der Waals surface area contributed by atoms with E-state index in [2.05, 4.69) is 0 Å². The second kappa shape index (κ2) is 17.4. The Morgan fingerprint density at radius 2 is 0.791 bits per heavy atom. The molecule has 8 aliphatic rings. The number of carbonyl (C=O) groups excluding carboxylic acids is 2. The van der Waals surface area contributed by atoms with Gasteiger partial charge < -0.3 is 29.9 Å². The van der Waals surface area contributed by atoms with Crippen LogP contribution in [0.1, 0.15) is 105 Å². The zero-order valence-electron chi connectivity index (χ0n) is 26.7. The summed E-state index contributed by atoms with van der Waals surface area (Å²) in [5, 5.41) is 42.7. The number of allylic oxidation sites excluding steroid dienone is 2. The molecule has 43 heavy (non-hydrogen) atoms. The quantitative estimate of drug-likeness (QED) is 0.187. The van der Waals surface area contributed by atoms with Crippen molar-refractivity contribution in [2.45, 2.75) is 105 Å². The number of esters is 2. The Kier molecular flexibility index (Phi) is 15.3. The van der Waals surface area contributed by atoms with E-state index in [4.69, 9.17) is 19.7 Å². The first-order valence-electron chi connectivity index (χ1n) is 16.3. The SMILES string of the molecule is CCOC(=O)/C=C(\[O-])C12CC3CC(CC(C3)C1)C2.CCOC(=O)/C=C(\[O-])C12CC3CC(CC(C3)C1)C2.CC[O-].CC[O-].[Ti]. The summed E-state index contributed by atoms with van der Waals surface area (Å²) < 4.78 is 9.72. The topological polar surface area (TPSA) is 145 Å². The van der Waals surface area contributed by atoms with Crippen LogP contribution >= 0.6 is 0 Å². The van der Waals surface area contributed by atoms with Crippen molar-refractivity contribution in [1.29, 1.82) is 0 Å². The molecule has 8 rings (SSSR count). The summed E-state index contributed by atoms with van der Waals surface area (Å²) in [5.41, 5.74) is -0.414. The van der Waals surface area contributed by atoms with Crippen LogP contribution < -0.4 is 20.4 Å². The molecular formula is C34H52O8Ti-4. The van der Waals surface area contributed by atoms with Crippen LogP contribution in [-0.4, -0.2) is 38.4 Å². The molecule has 0 heterocycles. The molecule has 0 unspecified atom stereocenters. The van der Waals surface area contributed by atoms with Gasteiger partial charge in [0.15, 0.2) is 0 Å². The summed E-state index contributed by atoms with van der Waals surface area (Å²) in [6.45, 7) is 7.34. The second-order valence-electron chi connectivity index (χ2n) is 13.5. The first-order valence-corrected chi connectivity index (χ1v) is 16.3. The Morgan fingerprint density at radius 1 is 0.581 bits per heavy atom. The van der Waals surface area contributed by atoms with Gasteiger partial charge in [0.2, 0.25) is 0 Å². The molecule has 9 heteroatoms. The third kappa shape index (κ3) is 9.82. The molecule has 0 atom stereocenters. The number of hydrogen-bond donors (Lipinski definition) is 0. The van der Waals surface area contributed by atoms with Gasteiger partial charge in [0.1, 0.15) is 0 Å². The van der Waals surface area contributed by atoms with Crippen molar-refractivity contribution < 1.29 is 61.2 Å². The van der Waals surface area contributed by atoms with Gasteiger partial charge in [0.05, 0.1) is 13.2 Å². The van der Waals surface area contributed by atoms with Gasteiger partial charge in [0.25, 0.3) is 0 Å². The maximum Gasteiger partial charge on any atom is 0.329 e. The summed E-state index contributed by atoms with van der Waals surface area (Å²) in [7, 11) is 0. The number of rotatable bonds is 6. The van der Waals surface area contributed by atoms with Crippen LogP contribution in [0, 0.1) is 46.3 Å². The van der Waals surface area contributed by atoms with E-state index in [1.54, 1.807) is 27.7 Å². The van der Waals surface area contributed by atoms with Crippen LogP contribution in [0.3, 0.4) is 0 Å². The van der Waals surface area contributed by atoms with E-state index in [1.807, 2.05) is 0 Å². The van der Waals surface area contributed by atoms with Gasteiger partial charge in [-0.25, -0.2) is 9.59 Å². The minimum Gasteiger partial charge on any atom is -0.875 e. The van der Waals surface area contributed by atoms with Gasteiger partial charge in [-0.15, -0.1) is 24.7 Å². The Bertz CT molecular complexity index is 811. The third-order valence-corrected chi connectivity index (χ3v) is 10.2. The van der Waals surface area contributed by atoms with Crippen molar-refractivity contribution in [3.8, 4) is 0 Å². The van der Waals surface area contributed by atoms with Crippen LogP contribution in [-0.2, 0) is 40.8 Å².